The third kappa shape index (κ3) is 6.82. The monoisotopic (exact) mass is 386 g/mol. The Morgan fingerprint density at radius 3 is 1.35 bits per heavy atom. The molecule has 0 atom stereocenters. The summed E-state index contributed by atoms with van der Waals surface area (Å²) in [5, 5.41) is 0. The number of methoxy groups -OCH3 is 2. The van der Waals surface area contributed by atoms with Crippen LogP contribution in [0.3, 0.4) is 0 Å². The highest BCUT2D eigenvalue weighted by molar-refractivity contribution is 8.76. The lowest BCUT2D eigenvalue weighted by molar-refractivity contribution is -0.135. The van der Waals surface area contributed by atoms with Gasteiger partial charge in [0.2, 0.25) is 0 Å². The summed E-state index contributed by atoms with van der Waals surface area (Å²) in [7, 11) is 6.00. The first-order chi connectivity index (χ1) is 12.6. The van der Waals surface area contributed by atoms with Crippen LogP contribution in [0.25, 0.3) is 12.2 Å². The average molecular weight is 386 g/mol. The molecule has 0 aliphatic heterocycles. The van der Waals surface area contributed by atoms with E-state index in [2.05, 4.69) is 9.47 Å². The molecule has 0 aliphatic carbocycles. The highest BCUT2D eigenvalue weighted by Crippen LogP contribution is 2.37. The van der Waals surface area contributed by atoms with Crippen LogP contribution in [-0.4, -0.2) is 26.2 Å². The molecule has 0 saturated carbocycles. The standard InChI is InChI=1S/C20H18O4S2/c1-23-19(21)13-7-15-3-9-17(10-4-15)25-26-18-11-5-16(6-12-18)8-14-20(22)24-2/h3-14H,1-2H3/b13-7+,14-8+. The van der Waals surface area contributed by atoms with E-state index in [9.17, 15) is 9.59 Å². The van der Waals surface area contributed by atoms with Gasteiger partial charge >= 0.3 is 11.9 Å². The first-order valence-corrected chi connectivity index (χ1v) is 9.82. The molecule has 0 fully saturated rings. The fraction of sp³-hybridized carbons (Fsp3) is 0.100. The first kappa shape index (κ1) is 19.9. The van der Waals surface area contributed by atoms with Gasteiger partial charge in [-0.05, 0) is 47.5 Å². The summed E-state index contributed by atoms with van der Waals surface area (Å²) in [4.78, 5) is 24.4. The van der Waals surface area contributed by atoms with Crippen LogP contribution >= 0.6 is 21.6 Å². The number of carbonyl (C=O) groups excluding carboxylic acids is 2. The van der Waals surface area contributed by atoms with Gasteiger partial charge in [0.1, 0.15) is 0 Å². The Balaban J connectivity index is 1.88. The lowest BCUT2D eigenvalue weighted by Crippen LogP contribution is -1.93. The van der Waals surface area contributed by atoms with Gasteiger partial charge in [0.05, 0.1) is 14.2 Å². The van der Waals surface area contributed by atoms with Crippen LogP contribution in [0.2, 0.25) is 0 Å². The Bertz CT molecular complexity index is 724. The second-order valence-corrected chi connectivity index (χ2v) is 7.29. The van der Waals surface area contributed by atoms with Gasteiger partial charge in [-0.15, -0.1) is 0 Å². The second kappa shape index (κ2) is 10.5. The van der Waals surface area contributed by atoms with Crippen LogP contribution in [0.1, 0.15) is 11.1 Å². The fourth-order valence-corrected chi connectivity index (χ4v) is 3.76. The first-order valence-electron chi connectivity index (χ1n) is 7.67. The summed E-state index contributed by atoms with van der Waals surface area (Å²) in [5.74, 6) is -0.743. The molecule has 4 nitrogen and oxygen atoms in total. The Labute approximate surface area is 160 Å². The zero-order valence-corrected chi connectivity index (χ0v) is 16.0. The van der Waals surface area contributed by atoms with E-state index in [0.717, 1.165) is 20.9 Å². The Morgan fingerprint density at radius 2 is 1.04 bits per heavy atom. The molecule has 0 aromatic heterocycles. The van der Waals surface area contributed by atoms with E-state index in [4.69, 9.17) is 0 Å². The molecule has 0 spiro atoms. The zero-order chi connectivity index (χ0) is 18.8. The topological polar surface area (TPSA) is 52.6 Å². The minimum absolute atomic E-state index is 0.371. The van der Waals surface area contributed by atoms with Gasteiger partial charge in [-0.2, -0.15) is 0 Å². The lowest BCUT2D eigenvalue weighted by Gasteiger charge is -2.03. The van der Waals surface area contributed by atoms with Crippen LogP contribution in [0.5, 0.6) is 0 Å². The number of hydrogen-bond donors (Lipinski definition) is 0. The molecule has 26 heavy (non-hydrogen) atoms. The highest BCUT2D eigenvalue weighted by Gasteiger charge is 1.99. The van der Waals surface area contributed by atoms with Crippen molar-refractivity contribution in [3.8, 4) is 0 Å². The molecule has 0 aliphatic rings. The predicted octanol–water partition coefficient (Wildman–Crippen LogP) is 4.86. The maximum absolute atomic E-state index is 11.1. The molecule has 0 bridgehead atoms. The molecule has 2 rings (SSSR count). The van der Waals surface area contributed by atoms with Crippen molar-refractivity contribution in [1.29, 1.82) is 0 Å². The van der Waals surface area contributed by atoms with Crippen molar-refractivity contribution in [1.82, 2.24) is 0 Å². The molecule has 2 aromatic carbocycles. The SMILES string of the molecule is COC(=O)/C=C/c1ccc(SSc2ccc(/C=C/C(=O)OC)cc2)cc1. The number of esters is 2. The second-order valence-electron chi connectivity index (χ2n) is 5.02. The van der Waals surface area contributed by atoms with Crippen LogP contribution in [0, 0.1) is 0 Å². The zero-order valence-electron chi connectivity index (χ0n) is 14.4. The van der Waals surface area contributed by atoms with Crippen molar-refractivity contribution in [3.05, 3.63) is 71.8 Å². The van der Waals surface area contributed by atoms with Crippen LogP contribution in [0.15, 0.2) is 70.5 Å². The van der Waals surface area contributed by atoms with Crippen molar-refractivity contribution in [2.45, 2.75) is 9.79 Å². The predicted molar refractivity (Wildman–Crippen MR) is 107 cm³/mol. The normalized spacial score (nSPS) is 11.0. The highest BCUT2D eigenvalue weighted by atomic mass is 33.1. The van der Waals surface area contributed by atoms with E-state index >= 15 is 0 Å². The number of hydrogen-bond acceptors (Lipinski definition) is 6. The summed E-state index contributed by atoms with van der Waals surface area (Å²) < 4.78 is 9.13. The van der Waals surface area contributed by atoms with Crippen molar-refractivity contribution in [3.63, 3.8) is 0 Å². The third-order valence-electron chi connectivity index (χ3n) is 3.22. The lowest BCUT2D eigenvalue weighted by atomic mass is 10.2. The van der Waals surface area contributed by atoms with Crippen molar-refractivity contribution < 1.29 is 19.1 Å². The smallest absolute Gasteiger partial charge is 0.330 e. The third-order valence-corrected chi connectivity index (χ3v) is 5.64. The van der Waals surface area contributed by atoms with Gasteiger partial charge in [0.15, 0.2) is 0 Å². The number of benzene rings is 2. The molecule has 134 valence electrons. The van der Waals surface area contributed by atoms with E-state index in [1.54, 1.807) is 33.7 Å². The molecule has 0 saturated heterocycles. The van der Waals surface area contributed by atoms with E-state index in [0.29, 0.717) is 0 Å². The molecule has 0 unspecified atom stereocenters. The van der Waals surface area contributed by atoms with Crippen molar-refractivity contribution in [2.75, 3.05) is 14.2 Å². The maximum atomic E-state index is 11.1. The minimum atomic E-state index is -0.371. The molecule has 2 aromatic rings. The molecule has 0 heterocycles. The van der Waals surface area contributed by atoms with Gasteiger partial charge in [-0.1, -0.05) is 45.9 Å². The quantitative estimate of drug-likeness (QED) is 0.385. The van der Waals surface area contributed by atoms with E-state index in [1.165, 1.54) is 26.4 Å². The van der Waals surface area contributed by atoms with Crippen molar-refractivity contribution >= 4 is 45.7 Å². The van der Waals surface area contributed by atoms with Crippen LogP contribution < -0.4 is 0 Å². The number of carbonyl (C=O) groups is 2. The summed E-state index contributed by atoms with van der Waals surface area (Å²) in [5.41, 5.74) is 1.87. The molecule has 6 heteroatoms. The van der Waals surface area contributed by atoms with E-state index < -0.39 is 0 Å². The Hall–Kier alpha value is -2.44. The summed E-state index contributed by atoms with van der Waals surface area (Å²) in [6.45, 7) is 0. The van der Waals surface area contributed by atoms with Gasteiger partial charge < -0.3 is 9.47 Å². The van der Waals surface area contributed by atoms with Gasteiger partial charge in [0, 0.05) is 21.9 Å². The van der Waals surface area contributed by atoms with Crippen LogP contribution in [-0.2, 0) is 19.1 Å². The van der Waals surface area contributed by atoms with E-state index in [-0.39, 0.29) is 11.9 Å². The van der Waals surface area contributed by atoms with Gasteiger partial charge in [-0.3, -0.25) is 0 Å². The fourth-order valence-electron chi connectivity index (χ4n) is 1.83. The molecule has 0 amide bonds. The number of ether oxygens (including phenoxy) is 2. The minimum Gasteiger partial charge on any atom is -0.466 e. The maximum Gasteiger partial charge on any atom is 0.330 e. The average Bonchev–Trinajstić information content (AvgIpc) is 2.70. The summed E-state index contributed by atoms with van der Waals surface area (Å²) >= 11 is 0. The Morgan fingerprint density at radius 1 is 0.692 bits per heavy atom. The molecular formula is C20H18O4S2. The molecule has 0 radical (unpaired) electrons. The van der Waals surface area contributed by atoms with Gasteiger partial charge in [-0.25, -0.2) is 9.59 Å². The largest absolute Gasteiger partial charge is 0.466 e. The molecule has 0 N–H and O–H groups in total. The summed E-state index contributed by atoms with van der Waals surface area (Å²) in [6, 6.07) is 15.8. The van der Waals surface area contributed by atoms with E-state index in [1.807, 2.05) is 48.5 Å². The number of rotatable bonds is 7. The van der Waals surface area contributed by atoms with Gasteiger partial charge in [0.25, 0.3) is 0 Å². The molecular weight excluding hydrogens is 368 g/mol. The summed E-state index contributed by atoms with van der Waals surface area (Å²) in [6.07, 6.45) is 6.22. The van der Waals surface area contributed by atoms with Crippen molar-refractivity contribution in [2.24, 2.45) is 0 Å². The Kier molecular flexibility index (Phi) is 8.05. The van der Waals surface area contributed by atoms with Crippen LogP contribution in [0.4, 0.5) is 0 Å².